The van der Waals surface area contributed by atoms with E-state index in [9.17, 15) is 4.79 Å². The Morgan fingerprint density at radius 1 is 1.60 bits per heavy atom. The van der Waals surface area contributed by atoms with Crippen LogP contribution in [0.4, 0.5) is 0 Å². The van der Waals surface area contributed by atoms with Gasteiger partial charge in [-0.2, -0.15) is 0 Å². The number of hydrogen-bond acceptors (Lipinski definition) is 4. The number of rotatable bonds is 4. The molecule has 0 spiro atoms. The van der Waals surface area contributed by atoms with Gasteiger partial charge in [-0.25, -0.2) is 0 Å². The first-order chi connectivity index (χ1) is 7.24. The van der Waals surface area contributed by atoms with Crippen molar-refractivity contribution >= 4 is 5.97 Å². The van der Waals surface area contributed by atoms with Crippen LogP contribution in [0.2, 0.25) is 0 Å². The molecule has 0 radical (unpaired) electrons. The van der Waals surface area contributed by atoms with Gasteiger partial charge in [-0.05, 0) is 37.6 Å². The Morgan fingerprint density at radius 2 is 2.40 bits per heavy atom. The molecular weight excluding hydrogens is 194 g/mol. The van der Waals surface area contributed by atoms with E-state index >= 15 is 0 Å². The SMILES string of the molecule is COC(=O)CC(CN)C1CC2CCC1O2. The molecule has 15 heavy (non-hydrogen) atoms. The summed E-state index contributed by atoms with van der Waals surface area (Å²) >= 11 is 0. The molecule has 0 aromatic rings. The van der Waals surface area contributed by atoms with Crippen molar-refractivity contribution in [2.75, 3.05) is 13.7 Å². The molecule has 2 fully saturated rings. The van der Waals surface area contributed by atoms with E-state index in [1.54, 1.807) is 0 Å². The predicted molar refractivity (Wildman–Crippen MR) is 55.2 cm³/mol. The maximum atomic E-state index is 11.2. The van der Waals surface area contributed by atoms with Gasteiger partial charge in [0, 0.05) is 6.42 Å². The molecule has 4 unspecified atom stereocenters. The minimum atomic E-state index is -0.159. The van der Waals surface area contributed by atoms with Crippen LogP contribution in [0.3, 0.4) is 0 Å². The van der Waals surface area contributed by atoms with Crippen LogP contribution in [0, 0.1) is 11.8 Å². The monoisotopic (exact) mass is 213 g/mol. The first kappa shape index (κ1) is 10.9. The lowest BCUT2D eigenvalue weighted by Gasteiger charge is -2.26. The molecular formula is C11H19NO3. The maximum absolute atomic E-state index is 11.2. The number of ether oxygens (including phenoxy) is 2. The number of carbonyl (C=O) groups is 1. The van der Waals surface area contributed by atoms with Crippen molar-refractivity contribution in [3.8, 4) is 0 Å². The van der Waals surface area contributed by atoms with Crippen LogP contribution in [0.5, 0.6) is 0 Å². The van der Waals surface area contributed by atoms with Crippen molar-refractivity contribution in [3.63, 3.8) is 0 Å². The van der Waals surface area contributed by atoms with Crippen molar-refractivity contribution in [2.24, 2.45) is 17.6 Å². The van der Waals surface area contributed by atoms with Gasteiger partial charge in [0.25, 0.3) is 0 Å². The van der Waals surface area contributed by atoms with Crippen molar-refractivity contribution in [1.29, 1.82) is 0 Å². The lowest BCUT2D eigenvalue weighted by atomic mass is 9.78. The van der Waals surface area contributed by atoms with Crippen molar-refractivity contribution in [3.05, 3.63) is 0 Å². The van der Waals surface area contributed by atoms with E-state index in [-0.39, 0.29) is 11.9 Å². The molecule has 0 amide bonds. The van der Waals surface area contributed by atoms with E-state index < -0.39 is 0 Å². The third-order valence-corrected chi connectivity index (χ3v) is 3.72. The van der Waals surface area contributed by atoms with E-state index in [1.807, 2.05) is 0 Å². The fraction of sp³-hybridized carbons (Fsp3) is 0.909. The van der Waals surface area contributed by atoms with Gasteiger partial charge in [-0.15, -0.1) is 0 Å². The van der Waals surface area contributed by atoms with E-state index in [4.69, 9.17) is 10.5 Å². The van der Waals surface area contributed by atoms with Crippen LogP contribution >= 0.6 is 0 Å². The van der Waals surface area contributed by atoms with E-state index in [1.165, 1.54) is 13.5 Å². The van der Waals surface area contributed by atoms with Crippen LogP contribution in [0.25, 0.3) is 0 Å². The molecule has 2 heterocycles. The summed E-state index contributed by atoms with van der Waals surface area (Å²) in [5, 5.41) is 0. The molecule has 0 aromatic carbocycles. The van der Waals surface area contributed by atoms with Crippen LogP contribution in [0.1, 0.15) is 25.7 Å². The number of fused-ring (bicyclic) bond motifs is 2. The van der Waals surface area contributed by atoms with Gasteiger partial charge < -0.3 is 15.2 Å². The third-order valence-electron chi connectivity index (χ3n) is 3.72. The normalized spacial score (nSPS) is 35.5. The quantitative estimate of drug-likeness (QED) is 0.698. The highest BCUT2D eigenvalue weighted by atomic mass is 16.5. The molecule has 86 valence electrons. The summed E-state index contributed by atoms with van der Waals surface area (Å²) in [7, 11) is 1.42. The van der Waals surface area contributed by atoms with Gasteiger partial charge >= 0.3 is 5.97 Å². The van der Waals surface area contributed by atoms with E-state index in [0.717, 1.165) is 12.8 Å². The molecule has 2 saturated heterocycles. The van der Waals surface area contributed by atoms with Gasteiger partial charge in [-0.1, -0.05) is 0 Å². The molecule has 0 saturated carbocycles. The fourth-order valence-electron chi connectivity index (χ4n) is 2.88. The Labute approximate surface area is 90.1 Å². The zero-order valence-corrected chi connectivity index (χ0v) is 9.15. The highest BCUT2D eigenvalue weighted by molar-refractivity contribution is 5.69. The topological polar surface area (TPSA) is 61.5 Å². The summed E-state index contributed by atoms with van der Waals surface area (Å²) < 4.78 is 10.5. The Morgan fingerprint density at radius 3 is 2.87 bits per heavy atom. The van der Waals surface area contributed by atoms with E-state index in [2.05, 4.69) is 4.74 Å². The van der Waals surface area contributed by atoms with Crippen molar-refractivity contribution < 1.29 is 14.3 Å². The molecule has 4 heteroatoms. The predicted octanol–water partition coefficient (Wildman–Crippen LogP) is 0.692. The Kier molecular flexibility index (Phi) is 3.26. The van der Waals surface area contributed by atoms with Crippen LogP contribution in [0.15, 0.2) is 0 Å². The second kappa shape index (κ2) is 4.49. The highest BCUT2D eigenvalue weighted by Crippen LogP contribution is 2.43. The molecule has 2 aliphatic heterocycles. The minimum absolute atomic E-state index is 0.159. The zero-order chi connectivity index (χ0) is 10.8. The molecule has 0 aromatic heterocycles. The average molecular weight is 213 g/mol. The maximum Gasteiger partial charge on any atom is 0.305 e. The van der Waals surface area contributed by atoms with Crippen molar-refractivity contribution in [2.45, 2.75) is 37.9 Å². The molecule has 2 rings (SSSR count). The third kappa shape index (κ3) is 2.16. The zero-order valence-electron chi connectivity index (χ0n) is 9.15. The summed E-state index contributed by atoms with van der Waals surface area (Å²) in [4.78, 5) is 11.2. The number of carbonyl (C=O) groups excluding carboxylic acids is 1. The fourth-order valence-corrected chi connectivity index (χ4v) is 2.88. The van der Waals surface area contributed by atoms with Crippen LogP contribution < -0.4 is 5.73 Å². The lowest BCUT2D eigenvalue weighted by Crippen LogP contribution is -2.32. The van der Waals surface area contributed by atoms with Gasteiger partial charge in [0.05, 0.1) is 19.3 Å². The Balaban J connectivity index is 1.92. The molecule has 2 aliphatic rings. The average Bonchev–Trinajstić information content (AvgIpc) is 2.86. The summed E-state index contributed by atoms with van der Waals surface area (Å²) in [6.45, 7) is 0.548. The molecule has 0 aliphatic carbocycles. The summed E-state index contributed by atoms with van der Waals surface area (Å²) in [6, 6.07) is 0. The number of nitrogens with two attached hydrogens (primary N) is 1. The van der Waals surface area contributed by atoms with E-state index in [0.29, 0.717) is 31.1 Å². The molecule has 4 nitrogen and oxygen atoms in total. The molecule has 2 bridgehead atoms. The largest absolute Gasteiger partial charge is 0.469 e. The van der Waals surface area contributed by atoms with Crippen molar-refractivity contribution in [1.82, 2.24) is 0 Å². The standard InChI is InChI=1S/C11H19NO3/c1-14-11(13)4-7(6-12)9-5-8-2-3-10(9)15-8/h7-10H,2-6,12H2,1H3. The number of esters is 1. The van der Waals surface area contributed by atoms with Gasteiger partial charge in [-0.3, -0.25) is 4.79 Å². The van der Waals surface area contributed by atoms with Crippen LogP contribution in [-0.4, -0.2) is 31.8 Å². The minimum Gasteiger partial charge on any atom is -0.469 e. The smallest absolute Gasteiger partial charge is 0.305 e. The summed E-state index contributed by atoms with van der Waals surface area (Å²) in [6.07, 6.45) is 4.58. The lowest BCUT2D eigenvalue weighted by molar-refractivity contribution is -0.142. The number of hydrogen-bond donors (Lipinski definition) is 1. The van der Waals surface area contributed by atoms with Gasteiger partial charge in [0.15, 0.2) is 0 Å². The van der Waals surface area contributed by atoms with Gasteiger partial charge in [0.1, 0.15) is 0 Å². The molecule has 4 atom stereocenters. The number of methoxy groups -OCH3 is 1. The first-order valence-electron chi connectivity index (χ1n) is 5.67. The summed E-state index contributed by atoms with van der Waals surface area (Å²) in [5.41, 5.74) is 5.72. The second-order valence-corrected chi connectivity index (χ2v) is 4.55. The Hall–Kier alpha value is -0.610. The molecule has 2 N–H and O–H groups in total. The van der Waals surface area contributed by atoms with Gasteiger partial charge in [0.2, 0.25) is 0 Å². The van der Waals surface area contributed by atoms with Crippen LogP contribution in [-0.2, 0) is 14.3 Å². The highest BCUT2D eigenvalue weighted by Gasteiger charge is 2.44. The Bertz CT molecular complexity index is 244. The summed E-state index contributed by atoms with van der Waals surface area (Å²) in [5.74, 6) is 0.536. The second-order valence-electron chi connectivity index (χ2n) is 4.55. The first-order valence-corrected chi connectivity index (χ1v) is 5.67.